The molecule has 2 fully saturated rings. The highest BCUT2D eigenvalue weighted by Crippen LogP contribution is 2.25. The van der Waals surface area contributed by atoms with E-state index in [9.17, 15) is 9.50 Å². The third-order valence-corrected chi connectivity index (χ3v) is 6.89. The van der Waals surface area contributed by atoms with Gasteiger partial charge in [-0.25, -0.2) is 4.39 Å². The van der Waals surface area contributed by atoms with Crippen LogP contribution in [-0.4, -0.2) is 71.5 Å². The van der Waals surface area contributed by atoms with Crippen molar-refractivity contribution in [3.63, 3.8) is 0 Å². The zero-order valence-electron chi connectivity index (χ0n) is 19.2. The van der Waals surface area contributed by atoms with E-state index in [1.165, 1.54) is 43.9 Å². The molecule has 4 rings (SSSR count). The van der Waals surface area contributed by atoms with Crippen LogP contribution in [0.3, 0.4) is 0 Å². The van der Waals surface area contributed by atoms with Crippen molar-refractivity contribution in [3.05, 3.63) is 59.7 Å². The molecule has 1 atom stereocenters. The van der Waals surface area contributed by atoms with Crippen LogP contribution in [-0.2, 0) is 17.8 Å². The summed E-state index contributed by atoms with van der Waals surface area (Å²) in [4.78, 5) is 4.72. The van der Waals surface area contributed by atoms with Crippen molar-refractivity contribution in [2.45, 2.75) is 51.3 Å². The quantitative estimate of drug-likeness (QED) is 0.607. The Hall–Kier alpha value is -1.73. The molecule has 1 aromatic heterocycles. The van der Waals surface area contributed by atoms with E-state index in [2.05, 4.69) is 20.4 Å². The van der Waals surface area contributed by atoms with Crippen molar-refractivity contribution in [2.75, 3.05) is 45.9 Å². The number of hydrogen-bond donors (Lipinski definition) is 1. The first-order valence-electron chi connectivity index (χ1n) is 12.3. The minimum atomic E-state index is -0.383. The van der Waals surface area contributed by atoms with Gasteiger partial charge in [-0.05, 0) is 37.0 Å². The molecular weight excluding hydrogens is 405 g/mol. The number of aliphatic hydroxyl groups is 1. The highest BCUT2D eigenvalue weighted by molar-refractivity contribution is 5.19. The molecule has 1 aromatic carbocycles. The second-order valence-corrected chi connectivity index (χ2v) is 9.48. The number of β-amino-alcohol motifs (C(OH)–C–C–N with tert-alkyl or cyclic N) is 1. The van der Waals surface area contributed by atoms with E-state index >= 15 is 0 Å². The van der Waals surface area contributed by atoms with E-state index in [-0.39, 0.29) is 11.9 Å². The number of ether oxygens (including phenoxy) is 1. The predicted molar refractivity (Wildman–Crippen MR) is 125 cm³/mol. The molecule has 0 bridgehead atoms. The maximum Gasteiger partial charge on any atom is 0.128 e. The monoisotopic (exact) mass is 443 g/mol. The van der Waals surface area contributed by atoms with E-state index in [1.54, 1.807) is 6.07 Å². The molecular formula is C26H38FN3O2. The fourth-order valence-electron chi connectivity index (χ4n) is 5.16. The van der Waals surface area contributed by atoms with Crippen LogP contribution in [0.5, 0.6) is 0 Å². The van der Waals surface area contributed by atoms with Crippen molar-refractivity contribution in [1.29, 1.82) is 0 Å². The Morgan fingerprint density at radius 2 is 1.84 bits per heavy atom. The molecule has 1 N–H and O–H groups in total. The lowest BCUT2D eigenvalue weighted by atomic mass is 9.89. The Balaban J connectivity index is 1.41. The zero-order valence-corrected chi connectivity index (χ0v) is 19.2. The van der Waals surface area contributed by atoms with Gasteiger partial charge in [0.05, 0.1) is 25.9 Å². The van der Waals surface area contributed by atoms with Gasteiger partial charge in [0.1, 0.15) is 5.82 Å². The average Bonchev–Trinajstić information content (AvgIpc) is 3.23. The molecule has 6 heteroatoms. The van der Waals surface area contributed by atoms with Gasteiger partial charge in [-0.1, -0.05) is 37.5 Å². The van der Waals surface area contributed by atoms with Crippen molar-refractivity contribution >= 4 is 0 Å². The predicted octanol–water partition coefficient (Wildman–Crippen LogP) is 3.75. The third-order valence-electron chi connectivity index (χ3n) is 6.89. The summed E-state index contributed by atoms with van der Waals surface area (Å²) in [7, 11) is 0. The number of halogens is 1. The molecule has 32 heavy (non-hydrogen) atoms. The van der Waals surface area contributed by atoms with Crippen LogP contribution in [0.25, 0.3) is 0 Å². The second kappa shape index (κ2) is 11.9. The van der Waals surface area contributed by atoms with E-state index in [1.807, 2.05) is 24.4 Å². The Kier molecular flexibility index (Phi) is 8.74. The smallest absolute Gasteiger partial charge is 0.128 e. The summed E-state index contributed by atoms with van der Waals surface area (Å²) in [5, 5.41) is 10.9. The summed E-state index contributed by atoms with van der Waals surface area (Å²) in [5.74, 6) is 0.543. The minimum Gasteiger partial charge on any atom is -0.390 e. The molecule has 2 aromatic rings. The summed E-state index contributed by atoms with van der Waals surface area (Å²) < 4.78 is 21.8. The van der Waals surface area contributed by atoms with Gasteiger partial charge in [-0.3, -0.25) is 9.80 Å². The van der Waals surface area contributed by atoms with Gasteiger partial charge in [-0.15, -0.1) is 0 Å². The maximum atomic E-state index is 14.2. The molecule has 0 radical (unpaired) electrons. The molecule has 1 unspecified atom stereocenters. The van der Waals surface area contributed by atoms with Gasteiger partial charge in [0.25, 0.3) is 0 Å². The van der Waals surface area contributed by atoms with Crippen LogP contribution in [0, 0.1) is 11.7 Å². The number of morpholine rings is 1. The van der Waals surface area contributed by atoms with Crippen LogP contribution in [0.4, 0.5) is 4.39 Å². The fourth-order valence-corrected chi connectivity index (χ4v) is 5.16. The van der Waals surface area contributed by atoms with Crippen LogP contribution < -0.4 is 0 Å². The molecule has 1 aliphatic heterocycles. The SMILES string of the molecule is OC(CN1CCOCC1)CN(Cc1cccn1Cc1ccccc1F)CC1CCCCC1. The lowest BCUT2D eigenvalue weighted by molar-refractivity contribution is 0.00431. The Morgan fingerprint density at radius 1 is 1.06 bits per heavy atom. The average molecular weight is 444 g/mol. The molecule has 0 amide bonds. The number of rotatable bonds is 10. The number of nitrogens with zero attached hydrogens (tertiary/aromatic N) is 3. The largest absolute Gasteiger partial charge is 0.390 e. The minimum absolute atomic E-state index is 0.160. The number of aliphatic hydroxyl groups excluding tert-OH is 1. The number of aromatic nitrogens is 1. The molecule has 2 aliphatic rings. The second-order valence-electron chi connectivity index (χ2n) is 9.48. The van der Waals surface area contributed by atoms with Crippen molar-refractivity contribution in [2.24, 2.45) is 5.92 Å². The van der Waals surface area contributed by atoms with Gasteiger partial charge in [0, 0.05) is 56.7 Å². The molecule has 0 spiro atoms. The third kappa shape index (κ3) is 6.88. The molecule has 1 saturated carbocycles. The van der Waals surface area contributed by atoms with Gasteiger partial charge >= 0.3 is 0 Å². The van der Waals surface area contributed by atoms with Crippen molar-refractivity contribution in [3.8, 4) is 0 Å². The molecule has 2 heterocycles. The number of benzene rings is 1. The lowest BCUT2D eigenvalue weighted by Crippen LogP contribution is -2.45. The van der Waals surface area contributed by atoms with E-state index in [0.717, 1.165) is 39.4 Å². The summed E-state index contributed by atoms with van der Waals surface area (Å²) in [6, 6.07) is 11.2. The van der Waals surface area contributed by atoms with Crippen LogP contribution in [0.15, 0.2) is 42.6 Å². The summed E-state index contributed by atoms with van der Waals surface area (Å²) >= 11 is 0. The standard InChI is InChI=1S/C26H38FN3O2/c27-26-11-5-4-9-23(26)18-30-12-6-10-24(30)19-29(17-22-7-2-1-3-8-22)21-25(31)20-28-13-15-32-16-14-28/h4-6,9-12,22,25,31H,1-3,7-8,13-21H2. The van der Waals surface area contributed by atoms with Gasteiger partial charge < -0.3 is 14.4 Å². The Morgan fingerprint density at radius 3 is 2.62 bits per heavy atom. The van der Waals surface area contributed by atoms with Crippen LogP contribution in [0.2, 0.25) is 0 Å². The first-order chi connectivity index (χ1) is 15.7. The Labute approximate surface area is 191 Å². The van der Waals surface area contributed by atoms with E-state index < -0.39 is 0 Å². The van der Waals surface area contributed by atoms with Crippen molar-refractivity contribution in [1.82, 2.24) is 14.4 Å². The lowest BCUT2D eigenvalue weighted by Gasteiger charge is -2.33. The van der Waals surface area contributed by atoms with Crippen molar-refractivity contribution < 1.29 is 14.2 Å². The normalized spacial score (nSPS) is 19.5. The van der Waals surface area contributed by atoms with E-state index in [0.29, 0.717) is 31.1 Å². The molecule has 1 saturated heterocycles. The molecule has 5 nitrogen and oxygen atoms in total. The first-order valence-corrected chi connectivity index (χ1v) is 12.3. The highest BCUT2D eigenvalue weighted by Gasteiger charge is 2.22. The van der Waals surface area contributed by atoms with Crippen LogP contribution in [0.1, 0.15) is 43.4 Å². The summed E-state index contributed by atoms with van der Waals surface area (Å²) in [6.45, 7) is 6.98. The van der Waals surface area contributed by atoms with E-state index in [4.69, 9.17) is 4.74 Å². The zero-order chi connectivity index (χ0) is 22.2. The van der Waals surface area contributed by atoms with Gasteiger partial charge in [0.15, 0.2) is 0 Å². The molecule has 176 valence electrons. The maximum absolute atomic E-state index is 14.2. The topological polar surface area (TPSA) is 40.9 Å². The van der Waals surface area contributed by atoms with Gasteiger partial charge in [-0.2, -0.15) is 0 Å². The summed E-state index contributed by atoms with van der Waals surface area (Å²) in [5.41, 5.74) is 1.87. The van der Waals surface area contributed by atoms with Crippen LogP contribution >= 0.6 is 0 Å². The highest BCUT2D eigenvalue weighted by atomic mass is 19.1. The first kappa shape index (κ1) is 23.4. The Bertz CT molecular complexity index is 815. The summed E-state index contributed by atoms with van der Waals surface area (Å²) in [6.07, 6.45) is 8.20. The van der Waals surface area contributed by atoms with Gasteiger partial charge in [0.2, 0.25) is 0 Å². The fraction of sp³-hybridized carbons (Fsp3) is 0.615. The number of hydrogen-bond acceptors (Lipinski definition) is 4. The molecule has 1 aliphatic carbocycles.